The SMILES string of the molecule is [Ca+2].[O-2].[O]=[Mn]. The van der Waals surface area contributed by atoms with Crippen LogP contribution in [0.4, 0.5) is 0 Å². The van der Waals surface area contributed by atoms with Crippen LogP contribution in [-0.4, -0.2) is 37.7 Å². The molecular formula is CaMnO2. The van der Waals surface area contributed by atoms with E-state index in [1.165, 1.54) is 0 Å². The zero-order valence-electron chi connectivity index (χ0n) is 1.90. The van der Waals surface area contributed by atoms with Crippen LogP contribution in [0.2, 0.25) is 0 Å². The first kappa shape index (κ1) is 17.7. The van der Waals surface area contributed by atoms with Gasteiger partial charge in [-0.1, -0.05) is 0 Å². The summed E-state index contributed by atoms with van der Waals surface area (Å²) in [6.07, 6.45) is 0. The van der Waals surface area contributed by atoms with Gasteiger partial charge < -0.3 is 5.48 Å². The molecule has 0 aliphatic carbocycles. The Morgan fingerprint density at radius 1 is 1.25 bits per heavy atom. The van der Waals surface area contributed by atoms with Crippen LogP contribution in [0, 0.1) is 0 Å². The van der Waals surface area contributed by atoms with Crippen molar-refractivity contribution in [1.29, 1.82) is 0 Å². The molecule has 4 heteroatoms. The van der Waals surface area contributed by atoms with Crippen molar-refractivity contribution in [2.75, 3.05) is 0 Å². The number of hydrogen-bond donors (Lipinski definition) is 0. The molecule has 0 aromatic rings. The molecule has 0 unspecified atom stereocenters. The minimum absolute atomic E-state index is 0. The van der Waals surface area contributed by atoms with E-state index in [2.05, 4.69) is 0 Å². The van der Waals surface area contributed by atoms with Gasteiger partial charge >= 0.3 is 57.5 Å². The van der Waals surface area contributed by atoms with Gasteiger partial charge in [-0.05, 0) is 0 Å². The number of hydrogen-bond acceptors (Lipinski definition) is 1. The molecule has 0 saturated heterocycles. The summed E-state index contributed by atoms with van der Waals surface area (Å²) in [7, 11) is 0. The monoisotopic (exact) mass is 127 g/mol. The molecule has 0 saturated carbocycles. The molecule has 2 nitrogen and oxygen atoms in total. The van der Waals surface area contributed by atoms with Crippen LogP contribution < -0.4 is 0 Å². The molecule has 0 bridgehead atoms. The molecule has 0 aliphatic heterocycles. The second kappa shape index (κ2) is 24.0. The summed E-state index contributed by atoms with van der Waals surface area (Å²) in [5, 5.41) is 0. The normalized spacial score (nSPS) is 1.00. The Hall–Kier alpha value is 1.54. The van der Waals surface area contributed by atoms with Gasteiger partial charge in [-0.3, -0.25) is 0 Å². The quantitative estimate of drug-likeness (QED) is 0.400. The van der Waals surface area contributed by atoms with Gasteiger partial charge in [0.1, 0.15) is 0 Å². The van der Waals surface area contributed by atoms with Crippen LogP contribution in [0.3, 0.4) is 0 Å². The van der Waals surface area contributed by atoms with Gasteiger partial charge in [0, 0.05) is 0 Å². The van der Waals surface area contributed by atoms with Crippen molar-refractivity contribution in [3.05, 3.63) is 0 Å². The average Bonchev–Trinajstić information content (AvgIpc) is 1.00. The fourth-order valence-electron chi connectivity index (χ4n) is 0. The van der Waals surface area contributed by atoms with Gasteiger partial charge in [0.25, 0.3) is 0 Å². The van der Waals surface area contributed by atoms with Crippen molar-refractivity contribution in [1.82, 2.24) is 0 Å². The summed E-state index contributed by atoms with van der Waals surface area (Å²) < 4.78 is 8.06. The van der Waals surface area contributed by atoms with E-state index < -0.39 is 0 Å². The van der Waals surface area contributed by atoms with Crippen LogP contribution in [0.5, 0.6) is 0 Å². The molecule has 0 rings (SSSR count). The molecular weight excluding hydrogens is 127 g/mol. The summed E-state index contributed by atoms with van der Waals surface area (Å²) in [6.45, 7) is 0. The van der Waals surface area contributed by atoms with E-state index >= 15 is 0 Å². The first-order valence-electron chi connectivity index (χ1n) is 0.154. The van der Waals surface area contributed by atoms with Gasteiger partial charge in [0.15, 0.2) is 0 Å². The van der Waals surface area contributed by atoms with E-state index in [1.54, 1.807) is 15.9 Å². The first-order chi connectivity index (χ1) is 1.00. The Kier molecular flexibility index (Phi) is 106. The summed E-state index contributed by atoms with van der Waals surface area (Å²) in [4.78, 5) is 0. The van der Waals surface area contributed by atoms with Crippen molar-refractivity contribution >= 4 is 37.7 Å². The molecule has 4 heavy (non-hydrogen) atoms. The maximum absolute atomic E-state index is 8.06. The maximum atomic E-state index is 8.06. The van der Waals surface area contributed by atoms with Crippen LogP contribution in [0.1, 0.15) is 0 Å². The molecule has 0 aliphatic rings. The fourth-order valence-corrected chi connectivity index (χ4v) is 0. The van der Waals surface area contributed by atoms with Crippen molar-refractivity contribution in [2.45, 2.75) is 0 Å². The molecule has 0 aromatic carbocycles. The second-order valence-electron chi connectivity index (χ2n) is 0. The molecule has 0 atom stereocenters. The molecule has 0 heterocycles. The average molecular weight is 127 g/mol. The van der Waals surface area contributed by atoms with E-state index in [1.807, 2.05) is 0 Å². The Morgan fingerprint density at radius 2 is 1.25 bits per heavy atom. The number of rotatable bonds is 0. The van der Waals surface area contributed by atoms with Crippen LogP contribution in [0.25, 0.3) is 0 Å². The Labute approximate surface area is 62.3 Å². The van der Waals surface area contributed by atoms with E-state index in [4.69, 9.17) is 3.83 Å². The first-order valence-corrected chi connectivity index (χ1v) is 0.636. The van der Waals surface area contributed by atoms with Gasteiger partial charge in [-0.2, -0.15) is 0 Å². The standard InChI is InChI=1S/Ca.Mn.2O/q+2;;;-2. The Morgan fingerprint density at radius 3 is 1.25 bits per heavy atom. The zero-order valence-corrected chi connectivity index (χ0v) is 5.29. The third-order valence-electron chi connectivity index (χ3n) is 0. The molecule has 0 aromatic heterocycles. The summed E-state index contributed by atoms with van der Waals surface area (Å²) in [5.41, 5.74) is 0. The van der Waals surface area contributed by atoms with Crippen LogP contribution in [-0.2, 0) is 25.3 Å². The molecule has 0 spiro atoms. The Bertz CT molecular complexity index is 6.00. The third-order valence-corrected chi connectivity index (χ3v) is 0. The van der Waals surface area contributed by atoms with E-state index in [9.17, 15) is 0 Å². The summed E-state index contributed by atoms with van der Waals surface area (Å²) >= 11 is 1.69. The molecule has 0 N–H and O–H groups in total. The minimum atomic E-state index is 0. The molecule has 0 fully saturated rings. The molecule has 0 radical (unpaired) electrons. The van der Waals surface area contributed by atoms with E-state index in [0.717, 1.165) is 0 Å². The zero-order chi connectivity index (χ0) is 2.00. The van der Waals surface area contributed by atoms with Gasteiger partial charge in [-0.15, -0.1) is 0 Å². The van der Waals surface area contributed by atoms with Gasteiger partial charge in [-0.25, -0.2) is 0 Å². The topological polar surface area (TPSA) is 45.6 Å². The second-order valence-corrected chi connectivity index (χ2v) is 0. The van der Waals surface area contributed by atoms with Crippen LogP contribution in [0.15, 0.2) is 0 Å². The van der Waals surface area contributed by atoms with Crippen molar-refractivity contribution in [3.63, 3.8) is 0 Å². The predicted molar refractivity (Wildman–Crippen MR) is 7.13 cm³/mol. The Balaban J connectivity index is -0.00000000500. The van der Waals surface area contributed by atoms with Gasteiger partial charge in [0.2, 0.25) is 0 Å². The third kappa shape index (κ3) is 9.63. The van der Waals surface area contributed by atoms with Crippen molar-refractivity contribution < 1.29 is 25.3 Å². The van der Waals surface area contributed by atoms with Crippen LogP contribution >= 0.6 is 0 Å². The summed E-state index contributed by atoms with van der Waals surface area (Å²) in [6, 6.07) is 0. The predicted octanol–water partition coefficient (Wildman–Crippen LogP) is -0.621. The fraction of sp³-hybridized carbons (Fsp3) is 0. The van der Waals surface area contributed by atoms with E-state index in [-0.39, 0.29) is 43.2 Å². The summed E-state index contributed by atoms with van der Waals surface area (Å²) in [5.74, 6) is 0. The molecule has 21 valence electrons. The van der Waals surface area contributed by atoms with E-state index in [0.29, 0.717) is 0 Å². The molecule has 0 amide bonds. The van der Waals surface area contributed by atoms with Gasteiger partial charge in [0.05, 0.1) is 0 Å². The van der Waals surface area contributed by atoms with Crippen molar-refractivity contribution in [3.8, 4) is 0 Å². The van der Waals surface area contributed by atoms with Crippen molar-refractivity contribution in [2.24, 2.45) is 0 Å².